The van der Waals surface area contributed by atoms with Crippen molar-refractivity contribution in [2.75, 3.05) is 0 Å². The number of rotatable bonds is 4. The number of pyridine rings is 1. The molecular weight excluding hydrogens is 360 g/mol. The van der Waals surface area contributed by atoms with E-state index >= 15 is 0 Å². The van der Waals surface area contributed by atoms with Crippen molar-refractivity contribution >= 4 is 17.0 Å². The maximum Gasteiger partial charge on any atom is 0.194 e. The van der Waals surface area contributed by atoms with Crippen LogP contribution in [0.3, 0.4) is 0 Å². The molecule has 0 N–H and O–H groups in total. The fourth-order valence-corrected chi connectivity index (χ4v) is 3.85. The molecule has 3 aromatic rings. The molecule has 0 amide bonds. The van der Waals surface area contributed by atoms with E-state index in [4.69, 9.17) is 9.82 Å². The molecule has 0 atom stereocenters. The van der Waals surface area contributed by atoms with Gasteiger partial charge in [-0.05, 0) is 52.2 Å². The SMILES string of the molecule is Cc1nc(-c2cccnc2)sc1-c1nnc2c(n1)C(=NOC(C)C)CCC2. The number of nitrogens with zero attached hydrogens (tertiary/aromatic N) is 6. The zero-order chi connectivity index (χ0) is 18.8. The van der Waals surface area contributed by atoms with Gasteiger partial charge in [-0.1, -0.05) is 5.16 Å². The fourth-order valence-electron chi connectivity index (χ4n) is 2.86. The predicted octanol–water partition coefficient (Wildman–Crippen LogP) is 3.83. The van der Waals surface area contributed by atoms with Gasteiger partial charge in [-0.25, -0.2) is 9.97 Å². The molecule has 138 valence electrons. The second-order valence-electron chi connectivity index (χ2n) is 6.65. The van der Waals surface area contributed by atoms with Gasteiger partial charge in [0.1, 0.15) is 22.5 Å². The van der Waals surface area contributed by atoms with Crippen molar-refractivity contribution in [1.82, 2.24) is 25.1 Å². The number of fused-ring (bicyclic) bond motifs is 1. The standard InChI is InChI=1S/C19H20N6OS/c1-11(2)26-25-15-8-4-7-14-16(15)22-18(24-23-14)17-12(3)21-19(27-17)13-6-5-9-20-10-13/h5-6,9-11H,4,7-8H2,1-3H3. The Balaban J connectivity index is 1.73. The Bertz CT molecular complexity index is 983. The highest BCUT2D eigenvalue weighted by Crippen LogP contribution is 2.33. The van der Waals surface area contributed by atoms with Gasteiger partial charge in [0, 0.05) is 18.0 Å². The smallest absolute Gasteiger partial charge is 0.194 e. The first-order valence-electron chi connectivity index (χ1n) is 8.96. The van der Waals surface area contributed by atoms with Gasteiger partial charge >= 0.3 is 0 Å². The summed E-state index contributed by atoms with van der Waals surface area (Å²) in [5.41, 5.74) is 4.38. The average Bonchev–Trinajstić information content (AvgIpc) is 3.08. The van der Waals surface area contributed by atoms with Crippen molar-refractivity contribution in [3.05, 3.63) is 41.6 Å². The van der Waals surface area contributed by atoms with Crippen LogP contribution in [0.5, 0.6) is 0 Å². The molecule has 1 aliphatic carbocycles. The molecule has 0 saturated heterocycles. The Kier molecular flexibility index (Phi) is 4.89. The fraction of sp³-hybridized carbons (Fsp3) is 0.368. The maximum atomic E-state index is 5.45. The molecular formula is C19H20N6OS. The lowest BCUT2D eigenvalue weighted by molar-refractivity contribution is 0.0854. The predicted molar refractivity (Wildman–Crippen MR) is 105 cm³/mol. The minimum atomic E-state index is 0.0305. The number of hydrogen-bond donors (Lipinski definition) is 0. The topological polar surface area (TPSA) is 86.0 Å². The van der Waals surface area contributed by atoms with Crippen LogP contribution >= 0.6 is 11.3 Å². The van der Waals surface area contributed by atoms with Crippen molar-refractivity contribution in [3.63, 3.8) is 0 Å². The summed E-state index contributed by atoms with van der Waals surface area (Å²) in [7, 11) is 0. The van der Waals surface area contributed by atoms with Crippen molar-refractivity contribution in [2.45, 2.75) is 46.1 Å². The van der Waals surface area contributed by atoms with Crippen molar-refractivity contribution in [1.29, 1.82) is 0 Å². The minimum Gasteiger partial charge on any atom is -0.393 e. The number of oxime groups is 1. The van der Waals surface area contributed by atoms with Gasteiger partial charge in [-0.2, -0.15) is 5.10 Å². The van der Waals surface area contributed by atoms with E-state index in [-0.39, 0.29) is 6.10 Å². The third-order valence-corrected chi connectivity index (χ3v) is 5.34. The van der Waals surface area contributed by atoms with Crippen LogP contribution in [0.1, 0.15) is 43.8 Å². The second-order valence-corrected chi connectivity index (χ2v) is 7.65. The zero-order valence-electron chi connectivity index (χ0n) is 15.5. The normalized spacial score (nSPS) is 15.2. The lowest BCUT2D eigenvalue weighted by Gasteiger charge is -2.16. The summed E-state index contributed by atoms with van der Waals surface area (Å²) < 4.78 is 0. The van der Waals surface area contributed by atoms with E-state index in [0.717, 1.165) is 57.5 Å². The van der Waals surface area contributed by atoms with Crippen LogP contribution in [0, 0.1) is 6.92 Å². The molecule has 0 fully saturated rings. The number of aryl methyl sites for hydroxylation is 2. The molecule has 4 rings (SSSR count). The third-order valence-electron chi connectivity index (χ3n) is 4.14. The quantitative estimate of drug-likeness (QED) is 0.639. The van der Waals surface area contributed by atoms with Gasteiger partial charge in [0.15, 0.2) is 5.82 Å². The van der Waals surface area contributed by atoms with Crippen LogP contribution in [-0.2, 0) is 11.3 Å². The van der Waals surface area contributed by atoms with Gasteiger partial charge in [0.2, 0.25) is 0 Å². The monoisotopic (exact) mass is 380 g/mol. The Morgan fingerprint density at radius 3 is 2.85 bits per heavy atom. The molecule has 0 aliphatic heterocycles. The van der Waals surface area contributed by atoms with E-state index in [9.17, 15) is 0 Å². The van der Waals surface area contributed by atoms with Gasteiger partial charge < -0.3 is 4.84 Å². The zero-order valence-corrected chi connectivity index (χ0v) is 16.3. The third kappa shape index (κ3) is 3.71. The van der Waals surface area contributed by atoms with Crippen molar-refractivity contribution < 1.29 is 4.84 Å². The highest BCUT2D eigenvalue weighted by Gasteiger charge is 2.23. The molecule has 0 spiro atoms. The van der Waals surface area contributed by atoms with Crippen LogP contribution in [0.2, 0.25) is 0 Å². The van der Waals surface area contributed by atoms with Gasteiger partial charge in [0.05, 0.1) is 16.3 Å². The number of hydrogen-bond acceptors (Lipinski definition) is 8. The Morgan fingerprint density at radius 2 is 2.07 bits per heavy atom. The molecule has 7 nitrogen and oxygen atoms in total. The van der Waals surface area contributed by atoms with Crippen LogP contribution in [0.15, 0.2) is 29.7 Å². The van der Waals surface area contributed by atoms with Crippen LogP contribution < -0.4 is 0 Å². The van der Waals surface area contributed by atoms with Crippen molar-refractivity contribution in [2.24, 2.45) is 5.16 Å². The van der Waals surface area contributed by atoms with Gasteiger partial charge in [0.25, 0.3) is 0 Å². The summed E-state index contributed by atoms with van der Waals surface area (Å²) in [6, 6.07) is 3.90. The summed E-state index contributed by atoms with van der Waals surface area (Å²) in [5.74, 6) is 0.582. The van der Waals surface area contributed by atoms with Gasteiger partial charge in [-0.3, -0.25) is 4.98 Å². The van der Waals surface area contributed by atoms with Crippen LogP contribution in [-0.4, -0.2) is 37.0 Å². The molecule has 0 radical (unpaired) electrons. The number of thiazole rings is 1. The van der Waals surface area contributed by atoms with E-state index in [1.807, 2.05) is 39.1 Å². The average molecular weight is 380 g/mol. The molecule has 3 heterocycles. The molecule has 3 aromatic heterocycles. The van der Waals surface area contributed by atoms with E-state index in [2.05, 4.69) is 25.3 Å². The highest BCUT2D eigenvalue weighted by molar-refractivity contribution is 7.18. The summed E-state index contributed by atoms with van der Waals surface area (Å²) >= 11 is 1.55. The van der Waals surface area contributed by atoms with E-state index in [1.165, 1.54) is 0 Å². The molecule has 27 heavy (non-hydrogen) atoms. The van der Waals surface area contributed by atoms with Gasteiger partial charge in [-0.15, -0.1) is 16.4 Å². The van der Waals surface area contributed by atoms with E-state index in [1.54, 1.807) is 17.5 Å². The van der Waals surface area contributed by atoms with Crippen LogP contribution in [0.25, 0.3) is 21.3 Å². The van der Waals surface area contributed by atoms with Crippen LogP contribution in [0.4, 0.5) is 0 Å². The second kappa shape index (κ2) is 7.48. The summed E-state index contributed by atoms with van der Waals surface area (Å²) in [6.07, 6.45) is 6.26. The molecule has 0 saturated carbocycles. The molecule has 0 unspecified atom stereocenters. The summed E-state index contributed by atoms with van der Waals surface area (Å²) in [5, 5.41) is 14.0. The Morgan fingerprint density at radius 1 is 1.19 bits per heavy atom. The summed E-state index contributed by atoms with van der Waals surface area (Å²) in [6.45, 7) is 5.88. The van der Waals surface area contributed by atoms with Crippen molar-refractivity contribution in [3.8, 4) is 21.3 Å². The highest BCUT2D eigenvalue weighted by atomic mass is 32.1. The first-order chi connectivity index (χ1) is 13.1. The molecule has 0 bridgehead atoms. The first-order valence-corrected chi connectivity index (χ1v) is 9.78. The Hall–Kier alpha value is -2.74. The lowest BCUT2D eigenvalue weighted by Crippen LogP contribution is -2.18. The van der Waals surface area contributed by atoms with E-state index < -0.39 is 0 Å². The first kappa shape index (κ1) is 17.7. The minimum absolute atomic E-state index is 0.0305. The molecule has 0 aromatic carbocycles. The molecule has 1 aliphatic rings. The summed E-state index contributed by atoms with van der Waals surface area (Å²) in [4.78, 5) is 20.0. The largest absolute Gasteiger partial charge is 0.393 e. The molecule has 8 heteroatoms. The lowest BCUT2D eigenvalue weighted by atomic mass is 9.99. The number of aromatic nitrogens is 5. The van der Waals surface area contributed by atoms with E-state index in [0.29, 0.717) is 5.82 Å². The maximum absolute atomic E-state index is 5.45. The Labute approximate surface area is 161 Å².